The van der Waals surface area contributed by atoms with Gasteiger partial charge in [0.2, 0.25) is 0 Å². The van der Waals surface area contributed by atoms with Gasteiger partial charge < -0.3 is 24.3 Å². The van der Waals surface area contributed by atoms with Crippen molar-refractivity contribution < 1.29 is 24.3 Å². The summed E-state index contributed by atoms with van der Waals surface area (Å²) in [5.41, 5.74) is 1.90. The van der Waals surface area contributed by atoms with Gasteiger partial charge in [-0.05, 0) is 24.6 Å². The number of benzene rings is 1. The second-order valence-electron chi connectivity index (χ2n) is 5.90. The summed E-state index contributed by atoms with van der Waals surface area (Å²) < 4.78 is 10.9. The Morgan fingerprint density at radius 1 is 1.36 bits per heavy atom. The number of likely N-dealkylation sites (N-methyl/N-ethyl adjacent to an activating group) is 1. The van der Waals surface area contributed by atoms with Gasteiger partial charge in [-0.25, -0.2) is 0 Å². The second kappa shape index (κ2) is 6.64. The molecule has 0 spiro atoms. The highest BCUT2D eigenvalue weighted by atomic mass is 16.7. The van der Waals surface area contributed by atoms with E-state index in [9.17, 15) is 9.90 Å². The van der Waals surface area contributed by atoms with E-state index in [2.05, 4.69) is 11.8 Å². The molecule has 0 aromatic heterocycles. The lowest BCUT2D eigenvalue weighted by Gasteiger charge is -2.32. The van der Waals surface area contributed by atoms with E-state index in [0.29, 0.717) is 13.2 Å². The number of carbonyl (C=O) groups excluding carboxylic acids is 1. The fourth-order valence-electron chi connectivity index (χ4n) is 3.16. The molecule has 0 atom stereocenters. The Hall–Kier alpha value is -1.63. The van der Waals surface area contributed by atoms with Crippen molar-refractivity contribution in [2.45, 2.75) is 20.1 Å². The van der Waals surface area contributed by atoms with Gasteiger partial charge in [0, 0.05) is 30.8 Å². The van der Waals surface area contributed by atoms with E-state index in [4.69, 9.17) is 9.47 Å². The van der Waals surface area contributed by atoms with Gasteiger partial charge in [-0.2, -0.15) is 0 Å². The maximum atomic E-state index is 11.2. The number of carboxylic acid groups (broad SMARTS) is 1. The lowest BCUT2D eigenvalue weighted by molar-refractivity contribution is -0.902. The number of rotatable bonds is 4. The van der Waals surface area contributed by atoms with Crippen LogP contribution >= 0.6 is 0 Å². The van der Waals surface area contributed by atoms with E-state index in [1.54, 1.807) is 17.0 Å². The maximum Gasteiger partial charge on any atom is 0.189 e. The number of hydrogen-bond acceptors (Lipinski definition) is 5. The van der Waals surface area contributed by atoms with E-state index in [-0.39, 0.29) is 12.4 Å². The average Bonchev–Trinajstić information content (AvgIpc) is 2.55. The van der Waals surface area contributed by atoms with Crippen molar-refractivity contribution in [2.75, 3.05) is 39.5 Å². The van der Waals surface area contributed by atoms with Crippen LogP contribution in [0.5, 0.6) is 5.75 Å². The zero-order chi connectivity index (χ0) is 15.5. The molecule has 1 aromatic carbocycles. The summed E-state index contributed by atoms with van der Waals surface area (Å²) in [7, 11) is 0. The van der Waals surface area contributed by atoms with Gasteiger partial charge in [0.1, 0.15) is 5.75 Å². The van der Waals surface area contributed by atoms with Crippen molar-refractivity contribution in [1.82, 2.24) is 4.90 Å². The Bertz CT molecular complexity index is 553. The topological polar surface area (TPSA) is 66.3 Å². The van der Waals surface area contributed by atoms with Crippen LogP contribution in [0.4, 0.5) is 0 Å². The SMILES string of the molecule is CC[NH+]1CCN(Cc2cc(C(=O)[O-])cc3c2OCOC3)CC1. The fraction of sp³-hybridized carbons (Fsp3) is 0.562. The third-order valence-corrected chi connectivity index (χ3v) is 4.48. The first kappa shape index (κ1) is 15.3. The quantitative estimate of drug-likeness (QED) is 0.744. The summed E-state index contributed by atoms with van der Waals surface area (Å²) in [5, 5.41) is 11.2. The first-order valence-electron chi connectivity index (χ1n) is 7.81. The summed E-state index contributed by atoms with van der Waals surface area (Å²) in [4.78, 5) is 15.2. The van der Waals surface area contributed by atoms with Crippen LogP contribution in [-0.4, -0.2) is 50.4 Å². The van der Waals surface area contributed by atoms with Crippen LogP contribution in [0.1, 0.15) is 28.4 Å². The molecular formula is C16H22N2O4. The molecule has 0 radical (unpaired) electrons. The van der Waals surface area contributed by atoms with E-state index < -0.39 is 5.97 Å². The third-order valence-electron chi connectivity index (χ3n) is 4.48. The van der Waals surface area contributed by atoms with Crippen molar-refractivity contribution >= 4 is 5.97 Å². The number of ether oxygens (including phenoxy) is 2. The lowest BCUT2D eigenvalue weighted by Crippen LogP contribution is -3.14. The molecule has 0 bridgehead atoms. The van der Waals surface area contributed by atoms with Gasteiger partial charge in [0.25, 0.3) is 0 Å². The van der Waals surface area contributed by atoms with E-state index in [1.807, 2.05) is 0 Å². The highest BCUT2D eigenvalue weighted by Crippen LogP contribution is 2.30. The van der Waals surface area contributed by atoms with Crippen LogP contribution in [-0.2, 0) is 17.9 Å². The Kier molecular flexibility index (Phi) is 4.61. The molecule has 0 amide bonds. The smallest absolute Gasteiger partial charge is 0.189 e. The molecule has 2 aliphatic rings. The predicted octanol–water partition coefficient (Wildman–Crippen LogP) is -1.36. The minimum Gasteiger partial charge on any atom is -0.545 e. The van der Waals surface area contributed by atoms with Crippen molar-refractivity contribution in [3.05, 3.63) is 28.8 Å². The molecule has 22 heavy (non-hydrogen) atoms. The Morgan fingerprint density at radius 2 is 2.14 bits per heavy atom. The molecule has 0 unspecified atom stereocenters. The summed E-state index contributed by atoms with van der Waals surface area (Å²) in [6, 6.07) is 3.27. The maximum absolute atomic E-state index is 11.2. The summed E-state index contributed by atoms with van der Waals surface area (Å²) >= 11 is 0. The average molecular weight is 306 g/mol. The summed E-state index contributed by atoms with van der Waals surface area (Å²) in [5.74, 6) is -0.378. The van der Waals surface area contributed by atoms with E-state index in [0.717, 1.165) is 49.6 Å². The van der Waals surface area contributed by atoms with E-state index >= 15 is 0 Å². The molecule has 1 fully saturated rings. The Morgan fingerprint density at radius 3 is 2.82 bits per heavy atom. The number of fused-ring (bicyclic) bond motifs is 1. The van der Waals surface area contributed by atoms with E-state index in [1.165, 1.54) is 0 Å². The largest absolute Gasteiger partial charge is 0.545 e. The van der Waals surface area contributed by atoms with Crippen LogP contribution in [0.15, 0.2) is 12.1 Å². The Labute approximate surface area is 130 Å². The first-order chi connectivity index (χ1) is 10.7. The van der Waals surface area contributed by atoms with Crippen molar-refractivity contribution in [1.29, 1.82) is 0 Å². The monoisotopic (exact) mass is 306 g/mol. The third kappa shape index (κ3) is 3.24. The molecule has 1 saturated heterocycles. The van der Waals surface area contributed by atoms with Gasteiger partial charge in [-0.15, -0.1) is 0 Å². The Balaban J connectivity index is 1.80. The molecular weight excluding hydrogens is 284 g/mol. The number of carboxylic acids is 1. The zero-order valence-electron chi connectivity index (χ0n) is 12.9. The molecule has 6 nitrogen and oxygen atoms in total. The molecule has 1 aromatic rings. The van der Waals surface area contributed by atoms with Gasteiger partial charge in [0.05, 0.1) is 32.2 Å². The molecule has 1 N–H and O–H groups in total. The molecule has 120 valence electrons. The first-order valence-corrected chi connectivity index (χ1v) is 7.81. The second-order valence-corrected chi connectivity index (χ2v) is 5.90. The lowest BCUT2D eigenvalue weighted by atomic mass is 10.0. The molecule has 3 rings (SSSR count). The molecule has 2 heterocycles. The molecule has 0 saturated carbocycles. The van der Waals surface area contributed by atoms with Crippen LogP contribution in [0.3, 0.4) is 0 Å². The highest BCUT2D eigenvalue weighted by molar-refractivity contribution is 5.86. The minimum absolute atomic E-state index is 0.195. The van der Waals surface area contributed by atoms with Crippen LogP contribution in [0.25, 0.3) is 0 Å². The van der Waals surface area contributed by atoms with Crippen LogP contribution in [0, 0.1) is 0 Å². The normalized spacial score (nSPS) is 19.5. The number of nitrogens with zero attached hydrogens (tertiary/aromatic N) is 1. The van der Waals surface area contributed by atoms with Gasteiger partial charge in [-0.1, -0.05) is 0 Å². The van der Waals surface area contributed by atoms with Gasteiger partial charge in [-0.3, -0.25) is 4.90 Å². The predicted molar refractivity (Wildman–Crippen MR) is 77.6 cm³/mol. The number of quaternary nitrogens is 1. The number of nitrogens with one attached hydrogen (secondary N) is 1. The fourth-order valence-corrected chi connectivity index (χ4v) is 3.16. The number of piperazine rings is 1. The number of hydrogen-bond donors (Lipinski definition) is 1. The summed E-state index contributed by atoms with van der Waals surface area (Å²) in [6.07, 6.45) is 0. The zero-order valence-corrected chi connectivity index (χ0v) is 12.9. The highest BCUT2D eigenvalue weighted by Gasteiger charge is 2.22. The standard InChI is InChI=1S/C16H22N2O4/c1-2-17-3-5-18(6-4-17)9-13-7-12(16(19)20)8-14-10-21-11-22-15(13)14/h7-8H,2-6,9-11H2,1H3,(H,19,20). The molecule has 6 heteroatoms. The van der Waals surface area contributed by atoms with Crippen molar-refractivity contribution in [3.63, 3.8) is 0 Å². The number of aromatic carboxylic acids is 1. The number of carbonyl (C=O) groups is 1. The summed E-state index contributed by atoms with van der Waals surface area (Å²) in [6.45, 7) is 8.97. The molecule has 2 aliphatic heterocycles. The van der Waals surface area contributed by atoms with Crippen molar-refractivity contribution in [3.8, 4) is 5.75 Å². The van der Waals surface area contributed by atoms with Gasteiger partial charge in [0.15, 0.2) is 6.79 Å². The van der Waals surface area contributed by atoms with Crippen LogP contribution < -0.4 is 14.7 Å². The van der Waals surface area contributed by atoms with Crippen LogP contribution in [0.2, 0.25) is 0 Å². The minimum atomic E-state index is -1.16. The van der Waals surface area contributed by atoms with Crippen molar-refractivity contribution in [2.24, 2.45) is 0 Å². The van der Waals surface area contributed by atoms with Gasteiger partial charge >= 0.3 is 0 Å². The molecule has 0 aliphatic carbocycles.